The fraction of sp³-hybridized carbons (Fsp3) is 0.818. The molecule has 5 nitrogen and oxygen atoms in total. The van der Waals surface area contributed by atoms with Crippen molar-refractivity contribution in [3.63, 3.8) is 0 Å². The Hall–Kier alpha value is -1.31. The first-order valence-corrected chi connectivity index (χ1v) is 5.97. The van der Waals surface area contributed by atoms with Crippen LogP contribution in [0.2, 0.25) is 0 Å². The molecule has 1 heterocycles. The number of amides is 2. The molecule has 1 unspecified atom stereocenters. The SMILES string of the molecule is CN(C)C(=O)CN(CC(F)(F)F)C(=O)C1CCNC1. The van der Waals surface area contributed by atoms with Crippen LogP contribution < -0.4 is 5.32 Å². The molecule has 0 aliphatic carbocycles. The Kier molecular flexibility index (Phi) is 5.16. The lowest BCUT2D eigenvalue weighted by atomic mass is 10.1. The molecule has 8 heteroatoms. The van der Waals surface area contributed by atoms with Crippen LogP contribution in [0.5, 0.6) is 0 Å². The number of rotatable bonds is 4. The van der Waals surface area contributed by atoms with Crippen LogP contribution in [0.1, 0.15) is 6.42 Å². The summed E-state index contributed by atoms with van der Waals surface area (Å²) in [4.78, 5) is 25.3. The zero-order chi connectivity index (χ0) is 14.6. The summed E-state index contributed by atoms with van der Waals surface area (Å²) in [5, 5.41) is 2.92. The van der Waals surface area contributed by atoms with Crippen LogP contribution >= 0.6 is 0 Å². The van der Waals surface area contributed by atoms with Gasteiger partial charge in [0.1, 0.15) is 13.1 Å². The molecule has 0 aromatic heterocycles. The summed E-state index contributed by atoms with van der Waals surface area (Å²) >= 11 is 0. The molecule has 110 valence electrons. The van der Waals surface area contributed by atoms with Gasteiger partial charge in [0, 0.05) is 20.6 Å². The summed E-state index contributed by atoms with van der Waals surface area (Å²) in [5.74, 6) is -1.61. The van der Waals surface area contributed by atoms with Gasteiger partial charge in [0.15, 0.2) is 0 Å². The van der Waals surface area contributed by atoms with Crippen LogP contribution in [0, 0.1) is 5.92 Å². The van der Waals surface area contributed by atoms with E-state index >= 15 is 0 Å². The van der Waals surface area contributed by atoms with Crippen LogP contribution in [-0.2, 0) is 9.59 Å². The average molecular weight is 281 g/mol. The molecule has 1 saturated heterocycles. The summed E-state index contributed by atoms with van der Waals surface area (Å²) in [6, 6.07) is 0. The molecule has 1 aliphatic heterocycles. The first-order valence-electron chi connectivity index (χ1n) is 5.97. The minimum atomic E-state index is -4.51. The van der Waals surface area contributed by atoms with E-state index < -0.39 is 37.0 Å². The average Bonchev–Trinajstić information content (AvgIpc) is 2.78. The molecular weight excluding hydrogens is 263 g/mol. The molecule has 2 amide bonds. The van der Waals surface area contributed by atoms with Gasteiger partial charge in [-0.25, -0.2) is 0 Å². The van der Waals surface area contributed by atoms with Crippen LogP contribution in [0.3, 0.4) is 0 Å². The molecule has 1 aliphatic rings. The molecule has 0 bridgehead atoms. The number of nitrogens with one attached hydrogen (secondary N) is 1. The van der Waals surface area contributed by atoms with E-state index in [2.05, 4.69) is 5.32 Å². The van der Waals surface area contributed by atoms with Gasteiger partial charge in [-0.2, -0.15) is 13.2 Å². The number of hydrogen-bond donors (Lipinski definition) is 1. The van der Waals surface area contributed by atoms with Gasteiger partial charge >= 0.3 is 6.18 Å². The largest absolute Gasteiger partial charge is 0.406 e. The molecule has 0 radical (unpaired) electrons. The topological polar surface area (TPSA) is 52.7 Å². The Morgan fingerprint density at radius 2 is 1.95 bits per heavy atom. The first-order chi connectivity index (χ1) is 8.70. The van der Waals surface area contributed by atoms with Crippen molar-refractivity contribution in [1.29, 1.82) is 0 Å². The minimum Gasteiger partial charge on any atom is -0.347 e. The van der Waals surface area contributed by atoms with E-state index in [0.717, 1.165) is 0 Å². The van der Waals surface area contributed by atoms with Crippen LogP contribution in [0.15, 0.2) is 0 Å². The molecule has 1 rings (SSSR count). The quantitative estimate of drug-likeness (QED) is 0.794. The van der Waals surface area contributed by atoms with Crippen molar-refractivity contribution in [2.45, 2.75) is 12.6 Å². The van der Waals surface area contributed by atoms with E-state index in [-0.39, 0.29) is 0 Å². The number of likely N-dealkylation sites (N-methyl/N-ethyl adjacent to an activating group) is 1. The van der Waals surface area contributed by atoms with Crippen molar-refractivity contribution < 1.29 is 22.8 Å². The summed E-state index contributed by atoms with van der Waals surface area (Å²) in [6.07, 6.45) is -4.00. The summed E-state index contributed by atoms with van der Waals surface area (Å²) < 4.78 is 37.4. The maximum atomic E-state index is 12.5. The number of nitrogens with zero attached hydrogens (tertiary/aromatic N) is 2. The van der Waals surface area contributed by atoms with E-state index in [1.54, 1.807) is 0 Å². The first kappa shape index (κ1) is 15.7. The Bertz CT molecular complexity index is 339. The number of halogens is 3. The van der Waals surface area contributed by atoms with Gasteiger partial charge in [-0.15, -0.1) is 0 Å². The highest BCUT2D eigenvalue weighted by Gasteiger charge is 2.37. The van der Waals surface area contributed by atoms with Gasteiger partial charge in [0.25, 0.3) is 0 Å². The number of alkyl halides is 3. The number of carbonyl (C=O) groups is 2. The van der Waals surface area contributed by atoms with Gasteiger partial charge in [-0.05, 0) is 13.0 Å². The second-order valence-electron chi connectivity index (χ2n) is 4.79. The maximum Gasteiger partial charge on any atom is 0.406 e. The van der Waals surface area contributed by atoms with Crippen molar-refractivity contribution in [3.05, 3.63) is 0 Å². The third-order valence-corrected chi connectivity index (χ3v) is 2.92. The Labute approximate surface area is 109 Å². The highest BCUT2D eigenvalue weighted by atomic mass is 19.4. The van der Waals surface area contributed by atoms with Crippen molar-refractivity contribution in [1.82, 2.24) is 15.1 Å². The van der Waals surface area contributed by atoms with E-state index in [9.17, 15) is 22.8 Å². The lowest BCUT2D eigenvalue weighted by Crippen LogP contribution is -2.47. The van der Waals surface area contributed by atoms with Crippen LogP contribution in [-0.4, -0.2) is 68.1 Å². The minimum absolute atomic E-state index is 0.364. The predicted molar refractivity (Wildman–Crippen MR) is 62.3 cm³/mol. The summed E-state index contributed by atoms with van der Waals surface area (Å²) in [7, 11) is 2.88. The van der Waals surface area contributed by atoms with Crippen molar-refractivity contribution >= 4 is 11.8 Å². The van der Waals surface area contributed by atoms with E-state index in [1.165, 1.54) is 19.0 Å². The van der Waals surface area contributed by atoms with Gasteiger partial charge in [0.05, 0.1) is 5.92 Å². The van der Waals surface area contributed by atoms with Gasteiger partial charge < -0.3 is 15.1 Å². The molecule has 0 aromatic carbocycles. The lowest BCUT2D eigenvalue weighted by Gasteiger charge is -2.27. The fourth-order valence-corrected chi connectivity index (χ4v) is 1.86. The maximum absolute atomic E-state index is 12.5. The highest BCUT2D eigenvalue weighted by molar-refractivity contribution is 5.86. The van der Waals surface area contributed by atoms with Crippen LogP contribution in [0.4, 0.5) is 13.2 Å². The van der Waals surface area contributed by atoms with E-state index in [0.29, 0.717) is 24.4 Å². The molecule has 1 atom stereocenters. The molecule has 0 spiro atoms. The Balaban J connectivity index is 2.73. The van der Waals surface area contributed by atoms with Gasteiger partial charge in [0.2, 0.25) is 11.8 Å². The monoisotopic (exact) mass is 281 g/mol. The molecule has 19 heavy (non-hydrogen) atoms. The van der Waals surface area contributed by atoms with Gasteiger partial charge in [-0.3, -0.25) is 9.59 Å². The van der Waals surface area contributed by atoms with Crippen molar-refractivity contribution in [3.8, 4) is 0 Å². The predicted octanol–water partition coefficient (Wildman–Crippen LogP) is 0.0750. The Morgan fingerprint density at radius 3 is 2.37 bits per heavy atom. The Morgan fingerprint density at radius 1 is 1.32 bits per heavy atom. The standard InChI is InChI=1S/C11H18F3N3O2/c1-16(2)9(18)6-17(7-11(12,13)14)10(19)8-3-4-15-5-8/h8,15H,3-7H2,1-2H3. The number of carbonyl (C=O) groups excluding carboxylic acids is 2. The molecule has 1 fully saturated rings. The normalized spacial score (nSPS) is 19.3. The van der Waals surface area contributed by atoms with Crippen molar-refractivity contribution in [2.75, 3.05) is 40.3 Å². The fourth-order valence-electron chi connectivity index (χ4n) is 1.86. The second-order valence-corrected chi connectivity index (χ2v) is 4.79. The zero-order valence-corrected chi connectivity index (χ0v) is 11.0. The third-order valence-electron chi connectivity index (χ3n) is 2.92. The number of hydrogen-bond acceptors (Lipinski definition) is 3. The van der Waals surface area contributed by atoms with Crippen molar-refractivity contribution in [2.24, 2.45) is 5.92 Å². The van der Waals surface area contributed by atoms with Gasteiger partial charge in [-0.1, -0.05) is 0 Å². The smallest absolute Gasteiger partial charge is 0.347 e. The third kappa shape index (κ3) is 5.06. The highest BCUT2D eigenvalue weighted by Crippen LogP contribution is 2.19. The zero-order valence-electron chi connectivity index (χ0n) is 11.0. The van der Waals surface area contributed by atoms with Crippen LogP contribution in [0.25, 0.3) is 0 Å². The van der Waals surface area contributed by atoms with E-state index in [1.807, 2.05) is 0 Å². The molecule has 0 saturated carbocycles. The van der Waals surface area contributed by atoms with E-state index in [4.69, 9.17) is 0 Å². The lowest BCUT2D eigenvalue weighted by molar-refractivity contribution is -0.166. The second kappa shape index (κ2) is 6.23. The molecule has 1 N–H and O–H groups in total. The summed E-state index contributed by atoms with van der Waals surface area (Å²) in [6.45, 7) is -0.953. The molecule has 0 aromatic rings. The summed E-state index contributed by atoms with van der Waals surface area (Å²) in [5.41, 5.74) is 0. The molecular formula is C11H18F3N3O2.